The molecule has 0 amide bonds. The minimum Gasteiger partial charge on any atom is -0.481 e. The van der Waals surface area contributed by atoms with Crippen LogP contribution in [0.5, 0.6) is 5.88 Å². The van der Waals surface area contributed by atoms with Gasteiger partial charge in [-0.2, -0.15) is 9.97 Å². The zero-order valence-corrected chi connectivity index (χ0v) is 11.2. The molecule has 3 N–H and O–H groups in total. The largest absolute Gasteiger partial charge is 0.481 e. The van der Waals surface area contributed by atoms with Crippen molar-refractivity contribution in [3.8, 4) is 5.88 Å². The Morgan fingerprint density at radius 1 is 1.26 bits per heavy atom. The van der Waals surface area contributed by atoms with Crippen LogP contribution in [0.15, 0.2) is 30.3 Å². The number of benzene rings is 1. The summed E-state index contributed by atoms with van der Waals surface area (Å²) in [7, 11) is 1.55. The molecule has 2 rings (SSSR count). The fraction of sp³-hybridized carbons (Fsp3) is 0.286. The molecule has 0 radical (unpaired) electrons. The van der Waals surface area contributed by atoms with E-state index in [0.717, 1.165) is 13.0 Å². The Hall–Kier alpha value is -2.30. The number of nitrogen functional groups attached to an aromatic ring is 1. The number of methoxy groups -OCH3 is 1. The summed E-state index contributed by atoms with van der Waals surface area (Å²) in [5.74, 6) is 1.35. The molecule has 0 unspecified atom stereocenters. The lowest BCUT2D eigenvalue weighted by molar-refractivity contribution is 0.398. The van der Waals surface area contributed by atoms with Crippen molar-refractivity contribution in [1.82, 2.24) is 9.97 Å². The highest BCUT2D eigenvalue weighted by molar-refractivity contribution is 5.42. The van der Waals surface area contributed by atoms with E-state index in [1.165, 1.54) is 11.1 Å². The van der Waals surface area contributed by atoms with E-state index in [4.69, 9.17) is 10.5 Å². The molecular formula is C14H18N4O. The van der Waals surface area contributed by atoms with Crippen molar-refractivity contribution in [2.45, 2.75) is 13.3 Å². The van der Waals surface area contributed by atoms with Crippen molar-refractivity contribution >= 4 is 11.8 Å². The first-order chi connectivity index (χ1) is 9.17. The van der Waals surface area contributed by atoms with Gasteiger partial charge in [-0.05, 0) is 18.9 Å². The second-order valence-electron chi connectivity index (χ2n) is 4.32. The van der Waals surface area contributed by atoms with Gasteiger partial charge < -0.3 is 15.8 Å². The third-order valence-electron chi connectivity index (χ3n) is 2.73. The molecule has 5 nitrogen and oxygen atoms in total. The topological polar surface area (TPSA) is 73.1 Å². The first-order valence-corrected chi connectivity index (χ1v) is 6.15. The lowest BCUT2D eigenvalue weighted by atomic mass is 10.1. The third-order valence-corrected chi connectivity index (χ3v) is 2.73. The molecule has 0 aliphatic heterocycles. The molecule has 0 aliphatic rings. The van der Waals surface area contributed by atoms with E-state index in [0.29, 0.717) is 11.7 Å². The first kappa shape index (κ1) is 13.1. The number of rotatable bonds is 5. The zero-order valence-electron chi connectivity index (χ0n) is 11.2. The number of nitrogens with two attached hydrogens (primary N) is 1. The van der Waals surface area contributed by atoms with Crippen LogP contribution in [0.4, 0.5) is 11.8 Å². The zero-order chi connectivity index (χ0) is 13.7. The van der Waals surface area contributed by atoms with Crippen molar-refractivity contribution < 1.29 is 4.74 Å². The molecule has 1 heterocycles. The Bertz CT molecular complexity index is 557. The van der Waals surface area contributed by atoms with E-state index in [9.17, 15) is 0 Å². The van der Waals surface area contributed by atoms with Crippen LogP contribution in [-0.4, -0.2) is 23.6 Å². The highest BCUT2D eigenvalue weighted by atomic mass is 16.5. The molecule has 5 heteroatoms. The maximum Gasteiger partial charge on any atom is 0.225 e. The molecule has 0 atom stereocenters. The van der Waals surface area contributed by atoms with Gasteiger partial charge in [-0.1, -0.05) is 29.8 Å². The number of nitrogens with zero attached hydrogens (tertiary/aromatic N) is 2. The molecule has 0 saturated carbocycles. The Morgan fingerprint density at radius 2 is 2.11 bits per heavy atom. The highest BCUT2D eigenvalue weighted by Crippen LogP contribution is 2.14. The third kappa shape index (κ3) is 3.84. The molecule has 2 aromatic rings. The smallest absolute Gasteiger partial charge is 0.225 e. The van der Waals surface area contributed by atoms with Crippen LogP contribution in [0.3, 0.4) is 0 Å². The normalized spacial score (nSPS) is 10.2. The number of aromatic nitrogens is 2. The predicted molar refractivity (Wildman–Crippen MR) is 76.4 cm³/mol. The minimum absolute atomic E-state index is 0.206. The molecule has 1 aromatic carbocycles. The fourth-order valence-corrected chi connectivity index (χ4v) is 1.84. The molecule has 0 bridgehead atoms. The van der Waals surface area contributed by atoms with Gasteiger partial charge in [0.05, 0.1) is 7.11 Å². The maximum atomic E-state index is 5.60. The molecule has 1 aromatic heterocycles. The summed E-state index contributed by atoms with van der Waals surface area (Å²) in [5.41, 5.74) is 8.16. The van der Waals surface area contributed by atoms with Gasteiger partial charge in [-0.25, -0.2) is 0 Å². The summed E-state index contributed by atoms with van der Waals surface area (Å²) in [4.78, 5) is 8.04. The summed E-state index contributed by atoms with van der Waals surface area (Å²) in [6.45, 7) is 2.87. The van der Waals surface area contributed by atoms with Gasteiger partial charge in [0, 0.05) is 12.6 Å². The molecule has 19 heavy (non-hydrogen) atoms. The van der Waals surface area contributed by atoms with Crippen molar-refractivity contribution in [3.05, 3.63) is 41.5 Å². The number of ether oxygens (including phenoxy) is 1. The Kier molecular flexibility index (Phi) is 4.18. The Morgan fingerprint density at radius 3 is 2.84 bits per heavy atom. The molecule has 0 spiro atoms. The summed E-state index contributed by atoms with van der Waals surface area (Å²) in [6, 6.07) is 10.2. The average molecular weight is 258 g/mol. The van der Waals surface area contributed by atoms with Crippen LogP contribution >= 0.6 is 0 Å². The fourth-order valence-electron chi connectivity index (χ4n) is 1.84. The number of anilines is 2. The SMILES string of the molecule is COc1cc(NCCc2cccc(C)c2)nc(N)n1. The quantitative estimate of drug-likeness (QED) is 0.858. The molecule has 0 fully saturated rings. The highest BCUT2D eigenvalue weighted by Gasteiger charge is 2.02. The summed E-state index contributed by atoms with van der Waals surface area (Å²) in [6.07, 6.45) is 0.925. The minimum atomic E-state index is 0.206. The van der Waals surface area contributed by atoms with Crippen LogP contribution in [-0.2, 0) is 6.42 Å². The molecule has 100 valence electrons. The van der Waals surface area contributed by atoms with E-state index in [1.54, 1.807) is 13.2 Å². The van der Waals surface area contributed by atoms with Crippen LogP contribution in [0, 0.1) is 6.92 Å². The van der Waals surface area contributed by atoms with E-state index in [1.807, 2.05) is 0 Å². The Balaban J connectivity index is 1.94. The van der Waals surface area contributed by atoms with E-state index >= 15 is 0 Å². The molecule has 0 aliphatic carbocycles. The second kappa shape index (κ2) is 6.04. The van der Waals surface area contributed by atoms with Gasteiger partial charge in [0.25, 0.3) is 0 Å². The summed E-state index contributed by atoms with van der Waals surface area (Å²) >= 11 is 0. The van der Waals surface area contributed by atoms with Crippen LogP contribution in [0.1, 0.15) is 11.1 Å². The Labute approximate surface area is 112 Å². The number of hydrogen-bond donors (Lipinski definition) is 2. The summed E-state index contributed by atoms with van der Waals surface area (Å²) < 4.78 is 5.04. The maximum absolute atomic E-state index is 5.60. The number of hydrogen-bond acceptors (Lipinski definition) is 5. The first-order valence-electron chi connectivity index (χ1n) is 6.15. The summed E-state index contributed by atoms with van der Waals surface area (Å²) in [5, 5.41) is 3.22. The lowest BCUT2D eigenvalue weighted by Crippen LogP contribution is -2.08. The van der Waals surface area contributed by atoms with Crippen molar-refractivity contribution in [2.75, 3.05) is 24.7 Å². The van der Waals surface area contributed by atoms with Gasteiger partial charge in [0.2, 0.25) is 11.8 Å². The van der Waals surface area contributed by atoms with Gasteiger partial charge in [-0.15, -0.1) is 0 Å². The lowest BCUT2D eigenvalue weighted by Gasteiger charge is -2.08. The second-order valence-corrected chi connectivity index (χ2v) is 4.32. The average Bonchev–Trinajstić information content (AvgIpc) is 2.38. The predicted octanol–water partition coefficient (Wildman–Crippen LogP) is 2.03. The van der Waals surface area contributed by atoms with Crippen LogP contribution in [0.25, 0.3) is 0 Å². The number of aryl methyl sites for hydroxylation is 1. The van der Waals surface area contributed by atoms with Gasteiger partial charge in [0.1, 0.15) is 5.82 Å². The van der Waals surface area contributed by atoms with Gasteiger partial charge in [0.15, 0.2) is 0 Å². The molecular weight excluding hydrogens is 240 g/mol. The van der Waals surface area contributed by atoms with Crippen molar-refractivity contribution in [2.24, 2.45) is 0 Å². The van der Waals surface area contributed by atoms with Gasteiger partial charge in [-0.3, -0.25) is 0 Å². The van der Waals surface area contributed by atoms with E-state index in [2.05, 4.69) is 46.5 Å². The van der Waals surface area contributed by atoms with E-state index < -0.39 is 0 Å². The van der Waals surface area contributed by atoms with Crippen LogP contribution < -0.4 is 15.8 Å². The number of nitrogens with one attached hydrogen (secondary N) is 1. The van der Waals surface area contributed by atoms with Gasteiger partial charge >= 0.3 is 0 Å². The van der Waals surface area contributed by atoms with E-state index in [-0.39, 0.29) is 5.95 Å². The monoisotopic (exact) mass is 258 g/mol. The van der Waals surface area contributed by atoms with Crippen LogP contribution in [0.2, 0.25) is 0 Å². The van der Waals surface area contributed by atoms with Crippen molar-refractivity contribution in [1.29, 1.82) is 0 Å². The molecule has 0 saturated heterocycles. The van der Waals surface area contributed by atoms with Crippen molar-refractivity contribution in [3.63, 3.8) is 0 Å². The standard InChI is InChI=1S/C14H18N4O/c1-10-4-3-5-11(8-10)6-7-16-12-9-13(19-2)18-14(15)17-12/h3-5,8-9H,6-7H2,1-2H3,(H3,15,16,17,18).